The lowest BCUT2D eigenvalue weighted by molar-refractivity contribution is -0.140. The molecule has 3 aromatic rings. The van der Waals surface area contributed by atoms with Crippen molar-refractivity contribution >= 4 is 17.4 Å². The van der Waals surface area contributed by atoms with Crippen LogP contribution in [-0.4, -0.2) is 34.9 Å². The Balaban J connectivity index is 1.63. The van der Waals surface area contributed by atoms with Gasteiger partial charge in [0.15, 0.2) is 11.5 Å². The number of Topliss-reactive ketones (excluding diaryl/α,β-unsaturated/α-hetero) is 1. The SMILES string of the molecule is Cc1ccc(C2/C(=C(\O)c3ccc4c(c3)OCCO4)C(=O)C(=O)N2Cc2ccco2)cc1. The Morgan fingerprint density at radius 1 is 1.03 bits per heavy atom. The first kappa shape index (κ1) is 19.9. The van der Waals surface area contributed by atoms with Gasteiger partial charge in [0.2, 0.25) is 0 Å². The van der Waals surface area contributed by atoms with Crippen LogP contribution in [0.3, 0.4) is 0 Å². The minimum atomic E-state index is -0.756. The van der Waals surface area contributed by atoms with Crippen LogP contribution in [0.5, 0.6) is 11.5 Å². The van der Waals surface area contributed by atoms with Crippen LogP contribution < -0.4 is 9.47 Å². The fourth-order valence-corrected chi connectivity index (χ4v) is 4.05. The first-order valence-corrected chi connectivity index (χ1v) is 10.3. The number of fused-ring (bicyclic) bond motifs is 1. The number of aliphatic hydroxyl groups is 1. The maximum atomic E-state index is 13.1. The monoisotopic (exact) mass is 431 g/mol. The minimum Gasteiger partial charge on any atom is -0.507 e. The van der Waals surface area contributed by atoms with Gasteiger partial charge in [-0.05, 0) is 42.8 Å². The molecular formula is C25H21NO6. The van der Waals surface area contributed by atoms with Gasteiger partial charge < -0.3 is 23.9 Å². The largest absolute Gasteiger partial charge is 0.507 e. The third kappa shape index (κ3) is 3.41. The fourth-order valence-electron chi connectivity index (χ4n) is 4.05. The van der Waals surface area contributed by atoms with Crippen LogP contribution in [-0.2, 0) is 16.1 Å². The molecule has 1 saturated heterocycles. The van der Waals surface area contributed by atoms with E-state index in [2.05, 4.69) is 0 Å². The van der Waals surface area contributed by atoms with Gasteiger partial charge in [-0.3, -0.25) is 9.59 Å². The van der Waals surface area contributed by atoms with Gasteiger partial charge in [-0.15, -0.1) is 0 Å². The van der Waals surface area contributed by atoms with E-state index in [9.17, 15) is 14.7 Å². The summed E-state index contributed by atoms with van der Waals surface area (Å²) in [6.45, 7) is 2.91. The Morgan fingerprint density at radius 2 is 1.78 bits per heavy atom. The molecule has 1 fully saturated rings. The molecule has 0 bridgehead atoms. The van der Waals surface area contributed by atoms with E-state index in [1.165, 1.54) is 11.2 Å². The zero-order chi connectivity index (χ0) is 22.2. The van der Waals surface area contributed by atoms with Gasteiger partial charge in [0.05, 0.1) is 24.4 Å². The molecule has 1 N–H and O–H groups in total. The van der Waals surface area contributed by atoms with E-state index in [0.29, 0.717) is 36.0 Å². The number of benzene rings is 2. The van der Waals surface area contributed by atoms with Gasteiger partial charge >= 0.3 is 0 Å². The molecule has 0 aliphatic carbocycles. The number of carbonyl (C=O) groups is 2. The predicted octanol–water partition coefficient (Wildman–Crippen LogP) is 3.98. The number of likely N-dealkylation sites (tertiary alicyclic amines) is 1. The number of ether oxygens (including phenoxy) is 2. The predicted molar refractivity (Wildman–Crippen MR) is 115 cm³/mol. The highest BCUT2D eigenvalue weighted by molar-refractivity contribution is 6.46. The molecule has 0 saturated carbocycles. The Morgan fingerprint density at radius 3 is 2.50 bits per heavy atom. The summed E-state index contributed by atoms with van der Waals surface area (Å²) in [7, 11) is 0. The Bertz CT molecular complexity index is 1210. The van der Waals surface area contributed by atoms with Gasteiger partial charge in [0.1, 0.15) is 24.7 Å². The van der Waals surface area contributed by atoms with Crippen molar-refractivity contribution in [3.63, 3.8) is 0 Å². The molecule has 1 aromatic heterocycles. The number of carbonyl (C=O) groups excluding carboxylic acids is 2. The lowest BCUT2D eigenvalue weighted by Crippen LogP contribution is -2.29. The third-order valence-corrected chi connectivity index (χ3v) is 5.65. The Labute approximate surface area is 184 Å². The zero-order valence-corrected chi connectivity index (χ0v) is 17.4. The summed E-state index contributed by atoms with van der Waals surface area (Å²) in [6.07, 6.45) is 1.52. The lowest BCUT2D eigenvalue weighted by atomic mass is 9.94. The summed E-state index contributed by atoms with van der Waals surface area (Å²) in [6, 6.07) is 15.2. The van der Waals surface area contributed by atoms with Gasteiger partial charge in [0, 0.05) is 5.56 Å². The van der Waals surface area contributed by atoms with Gasteiger partial charge in [-0.1, -0.05) is 29.8 Å². The van der Waals surface area contributed by atoms with E-state index in [4.69, 9.17) is 13.9 Å². The second-order valence-electron chi connectivity index (χ2n) is 7.78. The fraction of sp³-hybridized carbons (Fsp3) is 0.200. The number of aliphatic hydroxyl groups excluding tert-OH is 1. The summed E-state index contributed by atoms with van der Waals surface area (Å²) < 4.78 is 16.6. The van der Waals surface area contributed by atoms with E-state index >= 15 is 0 Å². The molecule has 2 aliphatic rings. The number of nitrogens with zero attached hydrogens (tertiary/aromatic N) is 1. The Kier molecular flexibility index (Phi) is 4.93. The van der Waals surface area contributed by atoms with E-state index in [1.807, 2.05) is 31.2 Å². The number of aryl methyl sites for hydroxylation is 1. The van der Waals surface area contributed by atoms with Crippen molar-refractivity contribution in [3.8, 4) is 11.5 Å². The highest BCUT2D eigenvalue weighted by atomic mass is 16.6. The molecule has 1 atom stereocenters. The number of furan rings is 1. The van der Waals surface area contributed by atoms with Crippen LogP contribution in [0.4, 0.5) is 0 Å². The van der Waals surface area contributed by atoms with Crippen molar-refractivity contribution in [1.29, 1.82) is 0 Å². The maximum absolute atomic E-state index is 13.1. The number of amides is 1. The summed E-state index contributed by atoms with van der Waals surface area (Å²) in [5, 5.41) is 11.2. The summed E-state index contributed by atoms with van der Waals surface area (Å²) in [4.78, 5) is 27.5. The van der Waals surface area contributed by atoms with E-state index in [0.717, 1.165) is 11.1 Å². The van der Waals surface area contributed by atoms with Crippen LogP contribution in [0.25, 0.3) is 5.76 Å². The highest BCUT2D eigenvalue weighted by Gasteiger charge is 2.46. The van der Waals surface area contributed by atoms with Crippen molar-refractivity contribution in [3.05, 3.63) is 88.9 Å². The van der Waals surface area contributed by atoms with E-state index in [-0.39, 0.29) is 17.9 Å². The Hall–Kier alpha value is -4.00. The van der Waals surface area contributed by atoms with Gasteiger partial charge in [-0.25, -0.2) is 0 Å². The first-order chi connectivity index (χ1) is 15.5. The maximum Gasteiger partial charge on any atom is 0.296 e. The normalized spacial score (nSPS) is 19.4. The lowest BCUT2D eigenvalue weighted by Gasteiger charge is -2.25. The average Bonchev–Trinajstić information content (AvgIpc) is 3.41. The quantitative estimate of drug-likeness (QED) is 0.382. The number of hydrogen-bond acceptors (Lipinski definition) is 6. The molecule has 7 heteroatoms. The van der Waals surface area contributed by atoms with E-state index < -0.39 is 17.7 Å². The van der Waals surface area contributed by atoms with Crippen molar-refractivity contribution in [2.45, 2.75) is 19.5 Å². The highest BCUT2D eigenvalue weighted by Crippen LogP contribution is 2.41. The van der Waals surface area contributed by atoms with Gasteiger partial charge in [0.25, 0.3) is 11.7 Å². The van der Waals surface area contributed by atoms with Crippen molar-refractivity contribution in [2.75, 3.05) is 13.2 Å². The van der Waals surface area contributed by atoms with Crippen LogP contribution >= 0.6 is 0 Å². The number of hydrogen-bond donors (Lipinski definition) is 1. The second kappa shape index (κ2) is 7.92. The minimum absolute atomic E-state index is 0.0297. The number of rotatable bonds is 4. The molecule has 2 aromatic carbocycles. The molecule has 2 aliphatic heterocycles. The summed E-state index contributed by atoms with van der Waals surface area (Å²) >= 11 is 0. The van der Waals surface area contributed by atoms with Crippen LogP contribution in [0, 0.1) is 6.92 Å². The molecular weight excluding hydrogens is 410 g/mol. The third-order valence-electron chi connectivity index (χ3n) is 5.65. The standard InChI is InChI=1S/C25H21NO6/c1-15-4-6-16(7-5-15)22-21(24(28)25(29)26(22)14-18-3-2-10-30-18)23(27)17-8-9-19-20(13-17)32-12-11-31-19/h2-10,13,22,27H,11-12,14H2,1H3/b23-21+. The zero-order valence-electron chi connectivity index (χ0n) is 17.4. The van der Waals surface area contributed by atoms with Crippen molar-refractivity contribution in [2.24, 2.45) is 0 Å². The van der Waals surface area contributed by atoms with Crippen LogP contribution in [0.2, 0.25) is 0 Å². The van der Waals surface area contributed by atoms with Crippen molar-refractivity contribution in [1.82, 2.24) is 4.90 Å². The smallest absolute Gasteiger partial charge is 0.296 e. The molecule has 1 amide bonds. The topological polar surface area (TPSA) is 89.2 Å². The first-order valence-electron chi connectivity index (χ1n) is 10.3. The molecule has 1 unspecified atom stereocenters. The molecule has 0 spiro atoms. The summed E-state index contributed by atoms with van der Waals surface area (Å²) in [5.74, 6) is -0.0880. The molecule has 3 heterocycles. The van der Waals surface area contributed by atoms with Gasteiger partial charge in [-0.2, -0.15) is 0 Å². The second-order valence-corrected chi connectivity index (χ2v) is 7.78. The van der Waals surface area contributed by atoms with E-state index in [1.54, 1.807) is 30.3 Å². The molecule has 0 radical (unpaired) electrons. The molecule has 7 nitrogen and oxygen atoms in total. The average molecular weight is 431 g/mol. The molecule has 32 heavy (non-hydrogen) atoms. The number of ketones is 1. The van der Waals surface area contributed by atoms with Crippen molar-refractivity contribution < 1.29 is 28.6 Å². The molecule has 162 valence electrons. The van der Waals surface area contributed by atoms with Crippen LogP contribution in [0.1, 0.15) is 28.5 Å². The molecule has 5 rings (SSSR count). The van der Waals surface area contributed by atoms with Crippen LogP contribution in [0.15, 0.2) is 70.9 Å². The summed E-state index contributed by atoms with van der Waals surface area (Å²) in [5.41, 5.74) is 2.17.